The summed E-state index contributed by atoms with van der Waals surface area (Å²) in [6, 6.07) is 34.2. The molecule has 0 fully saturated rings. The zero-order chi connectivity index (χ0) is 31.2. The molecular weight excluding hydrogens is 560 g/mol. The zero-order valence-electron chi connectivity index (χ0n) is 25.7. The third-order valence-corrected chi connectivity index (χ3v) is 8.64. The molecule has 0 saturated heterocycles. The maximum absolute atomic E-state index is 15.7. The minimum absolute atomic E-state index is 0.104. The van der Waals surface area contributed by atoms with Gasteiger partial charge < -0.3 is 4.42 Å². The van der Waals surface area contributed by atoms with Crippen molar-refractivity contribution in [1.29, 1.82) is 0 Å². The van der Waals surface area contributed by atoms with Crippen LogP contribution in [0.15, 0.2) is 120 Å². The minimum Gasteiger partial charge on any atom is -0.455 e. The van der Waals surface area contributed by atoms with E-state index in [9.17, 15) is 0 Å². The summed E-state index contributed by atoms with van der Waals surface area (Å²) in [5.41, 5.74) is 9.12. The van der Waals surface area contributed by atoms with Crippen LogP contribution in [-0.2, 0) is 0 Å². The third-order valence-electron chi connectivity index (χ3n) is 8.64. The molecule has 222 valence electrons. The molecule has 7 aromatic rings. The molecule has 2 aromatic heterocycles. The Kier molecular flexibility index (Phi) is 7.29. The largest absolute Gasteiger partial charge is 0.455 e. The number of pyridine rings is 1. The predicted octanol–water partition coefficient (Wildman–Crippen LogP) is 12.2. The summed E-state index contributed by atoms with van der Waals surface area (Å²) < 4.78 is 37.9. The van der Waals surface area contributed by atoms with Crippen LogP contribution in [0, 0.1) is 11.6 Å². The smallest absolute Gasteiger partial charge is 0.144 e. The zero-order valence-corrected chi connectivity index (χ0v) is 25.7. The first kappa shape index (κ1) is 28.7. The first-order chi connectivity index (χ1) is 21.8. The van der Waals surface area contributed by atoms with Crippen molar-refractivity contribution in [1.82, 2.24) is 4.98 Å². The molecule has 45 heavy (non-hydrogen) atoms. The molecule has 0 bridgehead atoms. The van der Waals surface area contributed by atoms with Crippen LogP contribution in [0.1, 0.15) is 50.7 Å². The maximum atomic E-state index is 15.7. The lowest BCUT2D eigenvalue weighted by molar-refractivity contribution is 0.589. The van der Waals surface area contributed by atoms with Gasteiger partial charge in [-0.1, -0.05) is 107 Å². The van der Waals surface area contributed by atoms with E-state index in [2.05, 4.69) is 58.0 Å². The van der Waals surface area contributed by atoms with Gasteiger partial charge in [-0.2, -0.15) is 0 Å². The second-order valence-electron chi connectivity index (χ2n) is 12.2. The lowest BCUT2D eigenvalue weighted by Gasteiger charge is -2.20. The molecule has 0 amide bonds. The summed E-state index contributed by atoms with van der Waals surface area (Å²) >= 11 is 0. The molecule has 0 spiro atoms. The summed E-state index contributed by atoms with van der Waals surface area (Å²) in [4.78, 5) is 4.77. The summed E-state index contributed by atoms with van der Waals surface area (Å²) in [5.74, 6) is -0.562. The van der Waals surface area contributed by atoms with Gasteiger partial charge in [0, 0.05) is 28.1 Å². The Morgan fingerprint density at radius 3 is 1.73 bits per heavy atom. The van der Waals surface area contributed by atoms with Crippen LogP contribution in [0.3, 0.4) is 0 Å². The molecule has 0 aliphatic rings. The van der Waals surface area contributed by atoms with E-state index in [1.165, 1.54) is 28.8 Å². The molecule has 0 aliphatic carbocycles. The standard InChI is InChI=1S/C41H33F2NO/c1-24(2)29-13-8-14-30(25(3)4)38(29)27-19-20-44-37(23-27)33-17-9-15-31-32-16-10-18-34(41(32)45-40(31)33)39-35(42)21-28(22-36(39)43)26-11-6-5-7-12-26/h5-25H,1-4H3. The predicted molar refractivity (Wildman–Crippen MR) is 181 cm³/mol. The Balaban J connectivity index is 1.39. The SMILES string of the molecule is CC(C)c1cccc(C(C)C)c1-c1ccnc(-c2cccc3c2oc2c(-c4c(F)cc(-c5ccccc5)cc4F)cccc23)c1. The topological polar surface area (TPSA) is 26.0 Å². The van der Waals surface area contributed by atoms with E-state index >= 15 is 8.78 Å². The van der Waals surface area contributed by atoms with Crippen molar-refractivity contribution < 1.29 is 13.2 Å². The highest BCUT2D eigenvalue weighted by atomic mass is 19.1. The average molecular weight is 594 g/mol. The number of para-hydroxylation sites is 2. The lowest BCUT2D eigenvalue weighted by Crippen LogP contribution is -2.00. The van der Waals surface area contributed by atoms with E-state index in [1.54, 1.807) is 6.07 Å². The van der Waals surface area contributed by atoms with Crippen LogP contribution >= 0.6 is 0 Å². The number of benzene rings is 5. The molecule has 5 aromatic carbocycles. The quantitative estimate of drug-likeness (QED) is 0.192. The van der Waals surface area contributed by atoms with Crippen molar-refractivity contribution in [2.45, 2.75) is 39.5 Å². The average Bonchev–Trinajstić information content (AvgIpc) is 3.44. The molecule has 2 heterocycles. The number of aromatic nitrogens is 1. The number of hydrogen-bond acceptors (Lipinski definition) is 2. The second kappa shape index (κ2) is 11.4. The number of furan rings is 1. The van der Waals surface area contributed by atoms with Gasteiger partial charge >= 0.3 is 0 Å². The maximum Gasteiger partial charge on any atom is 0.144 e. The number of hydrogen-bond donors (Lipinski definition) is 0. The van der Waals surface area contributed by atoms with Gasteiger partial charge in [0.25, 0.3) is 0 Å². The summed E-state index contributed by atoms with van der Waals surface area (Å²) in [5, 5.41) is 1.66. The van der Waals surface area contributed by atoms with Crippen molar-refractivity contribution in [2.24, 2.45) is 0 Å². The molecule has 0 saturated carbocycles. The summed E-state index contributed by atoms with van der Waals surface area (Å²) in [7, 11) is 0. The van der Waals surface area contributed by atoms with Crippen LogP contribution in [0.2, 0.25) is 0 Å². The fraction of sp³-hybridized carbons (Fsp3) is 0.146. The number of rotatable bonds is 6. The van der Waals surface area contributed by atoms with Gasteiger partial charge in [0.1, 0.15) is 22.8 Å². The third kappa shape index (κ3) is 5.01. The fourth-order valence-corrected chi connectivity index (χ4v) is 6.46. The van der Waals surface area contributed by atoms with E-state index in [0.717, 1.165) is 33.2 Å². The van der Waals surface area contributed by atoms with Gasteiger partial charge in [0.05, 0.1) is 11.3 Å². The Bertz CT molecular complexity index is 2140. The summed E-state index contributed by atoms with van der Waals surface area (Å²) in [6.07, 6.45) is 1.85. The van der Waals surface area contributed by atoms with Gasteiger partial charge in [-0.3, -0.25) is 4.98 Å². The van der Waals surface area contributed by atoms with E-state index in [4.69, 9.17) is 9.40 Å². The van der Waals surface area contributed by atoms with Crippen LogP contribution in [0.4, 0.5) is 8.78 Å². The van der Waals surface area contributed by atoms with Gasteiger partial charge in [-0.25, -0.2) is 8.78 Å². The highest BCUT2D eigenvalue weighted by Gasteiger charge is 2.22. The van der Waals surface area contributed by atoms with Crippen LogP contribution < -0.4 is 0 Å². The number of fused-ring (bicyclic) bond motifs is 3. The molecule has 0 radical (unpaired) electrons. The van der Waals surface area contributed by atoms with Gasteiger partial charge in [0.15, 0.2) is 0 Å². The highest BCUT2D eigenvalue weighted by Crippen LogP contribution is 2.43. The monoisotopic (exact) mass is 593 g/mol. The van der Waals surface area contributed by atoms with Gasteiger partial charge in [0.2, 0.25) is 0 Å². The Morgan fingerprint density at radius 2 is 1.11 bits per heavy atom. The summed E-state index contributed by atoms with van der Waals surface area (Å²) in [6.45, 7) is 8.88. The van der Waals surface area contributed by atoms with Crippen LogP contribution in [0.25, 0.3) is 66.6 Å². The normalized spacial score (nSPS) is 11.7. The van der Waals surface area contributed by atoms with E-state index in [0.29, 0.717) is 34.1 Å². The van der Waals surface area contributed by atoms with Gasteiger partial charge in [-0.15, -0.1) is 0 Å². The molecule has 0 atom stereocenters. The van der Waals surface area contributed by atoms with Gasteiger partial charge in [-0.05, 0) is 75.5 Å². The number of nitrogens with zero attached hydrogens (tertiary/aromatic N) is 1. The Labute approximate surface area is 262 Å². The van der Waals surface area contributed by atoms with Crippen molar-refractivity contribution in [2.75, 3.05) is 0 Å². The van der Waals surface area contributed by atoms with Crippen molar-refractivity contribution in [3.05, 3.63) is 138 Å². The van der Waals surface area contributed by atoms with E-state index in [1.807, 2.05) is 66.9 Å². The second-order valence-corrected chi connectivity index (χ2v) is 12.2. The van der Waals surface area contributed by atoms with Crippen molar-refractivity contribution in [3.63, 3.8) is 0 Å². The molecule has 7 rings (SSSR count). The first-order valence-electron chi connectivity index (χ1n) is 15.4. The fourth-order valence-electron chi connectivity index (χ4n) is 6.46. The van der Waals surface area contributed by atoms with Crippen LogP contribution in [-0.4, -0.2) is 4.98 Å². The minimum atomic E-state index is -0.638. The molecule has 0 aliphatic heterocycles. The Hall–Kier alpha value is -5.09. The van der Waals surface area contributed by atoms with Crippen molar-refractivity contribution in [3.8, 4) is 44.6 Å². The molecule has 0 N–H and O–H groups in total. The highest BCUT2D eigenvalue weighted by molar-refractivity contribution is 6.13. The van der Waals surface area contributed by atoms with Crippen LogP contribution in [0.5, 0.6) is 0 Å². The van der Waals surface area contributed by atoms with E-state index < -0.39 is 11.6 Å². The first-order valence-corrected chi connectivity index (χ1v) is 15.4. The molecule has 0 unspecified atom stereocenters. The lowest BCUT2D eigenvalue weighted by atomic mass is 9.85. The molecular formula is C41H33F2NO. The Morgan fingerprint density at radius 1 is 0.533 bits per heavy atom. The van der Waals surface area contributed by atoms with Crippen molar-refractivity contribution >= 4 is 21.9 Å². The molecule has 2 nitrogen and oxygen atoms in total. The van der Waals surface area contributed by atoms with E-state index in [-0.39, 0.29) is 5.56 Å². The number of halogens is 2. The molecule has 4 heteroatoms.